The van der Waals surface area contributed by atoms with Gasteiger partial charge in [-0.3, -0.25) is 4.68 Å². The maximum atomic E-state index is 5.36. The van der Waals surface area contributed by atoms with Crippen molar-refractivity contribution in [3.63, 3.8) is 0 Å². The van der Waals surface area contributed by atoms with Crippen molar-refractivity contribution >= 4 is 11.6 Å². The minimum Gasteiger partial charge on any atom is -0.370 e. The van der Waals surface area contributed by atoms with E-state index in [1.165, 1.54) is 5.69 Å². The van der Waals surface area contributed by atoms with Gasteiger partial charge in [0.15, 0.2) is 0 Å². The minimum absolute atomic E-state index is 0.610. The highest BCUT2D eigenvalue weighted by molar-refractivity contribution is 5.46. The number of hydrogen-bond acceptors (Lipinski definition) is 6. The van der Waals surface area contributed by atoms with E-state index in [0.29, 0.717) is 11.6 Å². The van der Waals surface area contributed by atoms with Crippen LogP contribution in [0.2, 0.25) is 0 Å². The summed E-state index contributed by atoms with van der Waals surface area (Å²) >= 11 is 0. The molecule has 0 aliphatic heterocycles. The van der Waals surface area contributed by atoms with Gasteiger partial charge in [-0.15, -0.1) is 0 Å². The Bertz CT molecular complexity index is 576. The molecule has 20 heavy (non-hydrogen) atoms. The maximum absolute atomic E-state index is 5.36. The molecule has 2 aromatic heterocycles. The summed E-state index contributed by atoms with van der Waals surface area (Å²) in [6.07, 6.45) is 0.969. The molecular formula is C13H21N7. The number of nitrogens with zero attached hydrogens (tertiary/aromatic N) is 4. The fraction of sp³-hybridized carbons (Fsp3) is 0.462. The van der Waals surface area contributed by atoms with Crippen LogP contribution in [0.15, 0.2) is 12.1 Å². The molecule has 0 fully saturated rings. The molecule has 0 amide bonds. The fourth-order valence-electron chi connectivity index (χ4n) is 2.08. The lowest BCUT2D eigenvalue weighted by Gasteiger charge is -2.09. The van der Waals surface area contributed by atoms with Crippen LogP contribution in [0.3, 0.4) is 0 Å². The summed E-state index contributed by atoms with van der Waals surface area (Å²) in [6, 6.07) is 3.87. The summed E-state index contributed by atoms with van der Waals surface area (Å²) in [7, 11) is 0. The number of aromatic nitrogens is 4. The Morgan fingerprint density at radius 3 is 2.55 bits per heavy atom. The monoisotopic (exact) mass is 275 g/mol. The molecule has 0 spiro atoms. The Kier molecular flexibility index (Phi) is 4.52. The lowest BCUT2D eigenvalue weighted by atomic mass is 10.3. The average molecular weight is 275 g/mol. The van der Waals surface area contributed by atoms with Gasteiger partial charge in [0.2, 0.25) is 0 Å². The van der Waals surface area contributed by atoms with Gasteiger partial charge in [-0.2, -0.15) is 5.10 Å². The van der Waals surface area contributed by atoms with Gasteiger partial charge in [-0.05, 0) is 33.3 Å². The predicted octanol–water partition coefficient (Wildman–Crippen LogP) is 1.39. The van der Waals surface area contributed by atoms with E-state index in [-0.39, 0.29) is 0 Å². The van der Waals surface area contributed by atoms with E-state index in [2.05, 4.69) is 38.8 Å². The van der Waals surface area contributed by atoms with Crippen LogP contribution in [0.4, 0.5) is 11.6 Å². The molecule has 0 aliphatic rings. The largest absolute Gasteiger partial charge is 0.370 e. The molecule has 0 atom stereocenters. The van der Waals surface area contributed by atoms with Crippen LogP contribution in [-0.2, 0) is 6.54 Å². The molecule has 108 valence electrons. The number of nitrogen functional groups attached to an aromatic ring is 1. The molecule has 0 saturated heterocycles. The molecule has 2 aromatic rings. The second-order valence-electron chi connectivity index (χ2n) is 4.76. The van der Waals surface area contributed by atoms with Gasteiger partial charge in [0.25, 0.3) is 0 Å². The molecule has 2 rings (SSSR count). The highest BCUT2D eigenvalue weighted by Crippen LogP contribution is 2.10. The number of aryl methyl sites for hydroxylation is 4. The van der Waals surface area contributed by atoms with Crippen LogP contribution in [0.5, 0.6) is 0 Å². The Hall–Kier alpha value is -2.15. The van der Waals surface area contributed by atoms with Gasteiger partial charge in [-0.25, -0.2) is 15.8 Å². The minimum atomic E-state index is 0.610. The predicted molar refractivity (Wildman–Crippen MR) is 79.4 cm³/mol. The number of nitrogens with one attached hydrogen (secondary N) is 2. The van der Waals surface area contributed by atoms with E-state index in [1.807, 2.05) is 18.5 Å². The molecule has 0 bridgehead atoms. The molecule has 0 saturated carbocycles. The van der Waals surface area contributed by atoms with E-state index in [0.717, 1.165) is 31.0 Å². The van der Waals surface area contributed by atoms with Crippen molar-refractivity contribution in [3.05, 3.63) is 29.3 Å². The quantitative estimate of drug-likeness (QED) is 0.419. The lowest BCUT2D eigenvalue weighted by molar-refractivity contribution is 0.573. The first-order valence-corrected chi connectivity index (χ1v) is 6.65. The smallest absolute Gasteiger partial charge is 0.145 e. The standard InChI is InChI=1S/C13H21N7/c1-9-7-10(2)20(19-9)6-4-5-15-12-8-13(18-14)17-11(3)16-12/h7-8H,4-6,14H2,1-3H3,(H2,15,16,17,18). The van der Waals surface area contributed by atoms with Crippen molar-refractivity contribution in [1.29, 1.82) is 0 Å². The van der Waals surface area contributed by atoms with Crippen molar-refractivity contribution in [2.75, 3.05) is 17.3 Å². The zero-order valence-electron chi connectivity index (χ0n) is 12.1. The SMILES string of the molecule is Cc1cc(C)n(CCCNc2cc(NN)nc(C)n2)n1. The first-order valence-electron chi connectivity index (χ1n) is 6.65. The molecule has 7 nitrogen and oxygen atoms in total. The van der Waals surface area contributed by atoms with E-state index in [1.54, 1.807) is 6.07 Å². The van der Waals surface area contributed by atoms with E-state index < -0.39 is 0 Å². The number of rotatable bonds is 6. The third-order valence-electron chi connectivity index (χ3n) is 2.94. The van der Waals surface area contributed by atoms with Crippen LogP contribution in [0.25, 0.3) is 0 Å². The van der Waals surface area contributed by atoms with Gasteiger partial charge in [0.1, 0.15) is 17.5 Å². The van der Waals surface area contributed by atoms with Crippen molar-refractivity contribution in [2.45, 2.75) is 33.7 Å². The Morgan fingerprint density at radius 1 is 1.15 bits per heavy atom. The Morgan fingerprint density at radius 2 is 1.90 bits per heavy atom. The summed E-state index contributed by atoms with van der Waals surface area (Å²) in [6.45, 7) is 7.62. The van der Waals surface area contributed by atoms with E-state index in [9.17, 15) is 0 Å². The molecular weight excluding hydrogens is 254 g/mol. The normalized spacial score (nSPS) is 10.6. The number of anilines is 2. The van der Waals surface area contributed by atoms with Gasteiger partial charge in [0.05, 0.1) is 5.69 Å². The number of hydrazine groups is 1. The second kappa shape index (κ2) is 6.33. The second-order valence-corrected chi connectivity index (χ2v) is 4.76. The molecule has 0 unspecified atom stereocenters. The molecule has 0 aliphatic carbocycles. The maximum Gasteiger partial charge on any atom is 0.145 e. The first-order chi connectivity index (χ1) is 9.58. The van der Waals surface area contributed by atoms with Gasteiger partial charge >= 0.3 is 0 Å². The fourth-order valence-corrected chi connectivity index (χ4v) is 2.08. The molecule has 7 heteroatoms. The zero-order valence-corrected chi connectivity index (χ0v) is 12.1. The molecule has 4 N–H and O–H groups in total. The molecule has 0 aromatic carbocycles. The number of hydrogen-bond donors (Lipinski definition) is 3. The van der Waals surface area contributed by atoms with Crippen molar-refractivity contribution in [1.82, 2.24) is 19.7 Å². The van der Waals surface area contributed by atoms with Crippen LogP contribution in [0, 0.1) is 20.8 Å². The summed E-state index contributed by atoms with van der Waals surface area (Å²) in [4.78, 5) is 8.45. The molecule has 2 heterocycles. The third-order valence-corrected chi connectivity index (χ3v) is 2.94. The Labute approximate surface area is 118 Å². The summed E-state index contributed by atoms with van der Waals surface area (Å²) in [5.41, 5.74) is 4.78. The van der Waals surface area contributed by atoms with Crippen molar-refractivity contribution < 1.29 is 0 Å². The third kappa shape index (κ3) is 3.67. The van der Waals surface area contributed by atoms with E-state index in [4.69, 9.17) is 5.84 Å². The topological polar surface area (TPSA) is 93.7 Å². The van der Waals surface area contributed by atoms with Gasteiger partial charge < -0.3 is 10.7 Å². The van der Waals surface area contributed by atoms with Gasteiger partial charge in [-0.1, -0.05) is 0 Å². The Balaban J connectivity index is 1.84. The highest BCUT2D eigenvalue weighted by atomic mass is 15.3. The van der Waals surface area contributed by atoms with Crippen molar-refractivity contribution in [3.8, 4) is 0 Å². The van der Waals surface area contributed by atoms with Crippen molar-refractivity contribution in [2.24, 2.45) is 5.84 Å². The average Bonchev–Trinajstić information content (AvgIpc) is 2.72. The van der Waals surface area contributed by atoms with Gasteiger partial charge in [0, 0.05) is 24.8 Å². The highest BCUT2D eigenvalue weighted by Gasteiger charge is 2.02. The first kappa shape index (κ1) is 14.3. The number of nitrogens with two attached hydrogens (primary N) is 1. The van der Waals surface area contributed by atoms with Crippen LogP contribution >= 0.6 is 0 Å². The summed E-state index contributed by atoms with van der Waals surface area (Å²) in [5.74, 6) is 7.43. The van der Waals surface area contributed by atoms with Crippen LogP contribution in [-0.4, -0.2) is 26.3 Å². The van der Waals surface area contributed by atoms with E-state index >= 15 is 0 Å². The summed E-state index contributed by atoms with van der Waals surface area (Å²) < 4.78 is 2.02. The zero-order chi connectivity index (χ0) is 14.5. The lowest BCUT2D eigenvalue weighted by Crippen LogP contribution is -2.13. The summed E-state index contributed by atoms with van der Waals surface area (Å²) in [5, 5.41) is 7.70. The van der Waals surface area contributed by atoms with Crippen LogP contribution < -0.4 is 16.6 Å². The van der Waals surface area contributed by atoms with Crippen LogP contribution in [0.1, 0.15) is 23.6 Å². The molecule has 0 radical (unpaired) electrons.